The molecule has 152 valence electrons. The largest absolute Gasteiger partial charge is 0.491 e. The summed E-state index contributed by atoms with van der Waals surface area (Å²) in [7, 11) is 0. The number of aliphatic hydroxyl groups is 1. The maximum Gasteiger partial charge on any atom is 0.339 e. The number of aryl methyl sites for hydroxylation is 2. The van der Waals surface area contributed by atoms with Crippen molar-refractivity contribution in [1.82, 2.24) is 9.78 Å². The smallest absolute Gasteiger partial charge is 0.339 e. The molecule has 0 spiro atoms. The van der Waals surface area contributed by atoms with Crippen LogP contribution in [0.5, 0.6) is 5.75 Å². The molecule has 1 aliphatic rings. The number of carbonyl (C=O) groups is 1. The van der Waals surface area contributed by atoms with Crippen LogP contribution in [0.3, 0.4) is 0 Å². The summed E-state index contributed by atoms with van der Waals surface area (Å²) >= 11 is 0. The molecule has 2 aromatic heterocycles. The molecule has 0 bridgehead atoms. The molecule has 1 atom stereocenters. The van der Waals surface area contributed by atoms with E-state index in [0.29, 0.717) is 22.6 Å². The third kappa shape index (κ3) is 3.58. The normalized spacial score (nSPS) is 14.2. The van der Waals surface area contributed by atoms with E-state index >= 15 is 0 Å². The van der Waals surface area contributed by atoms with Gasteiger partial charge in [-0.15, -0.1) is 0 Å². The number of aromatic nitrogens is 2. The van der Waals surface area contributed by atoms with Gasteiger partial charge in [0.2, 0.25) is 0 Å². The third-order valence-electron chi connectivity index (χ3n) is 5.50. The van der Waals surface area contributed by atoms with Gasteiger partial charge in [0, 0.05) is 22.7 Å². The predicted octanol–water partition coefficient (Wildman–Crippen LogP) is 2.74. The Kier molecular flexibility index (Phi) is 5.00. The molecule has 29 heavy (non-hydrogen) atoms. The van der Waals surface area contributed by atoms with Crippen LogP contribution in [0.25, 0.3) is 11.0 Å². The molecule has 1 aliphatic carbocycles. The van der Waals surface area contributed by atoms with Crippen LogP contribution in [0, 0.1) is 13.8 Å². The lowest BCUT2D eigenvalue weighted by Gasteiger charge is -2.14. The summed E-state index contributed by atoms with van der Waals surface area (Å²) in [4.78, 5) is 23.9. The minimum absolute atomic E-state index is 0.0406. The van der Waals surface area contributed by atoms with Gasteiger partial charge in [-0.2, -0.15) is 5.10 Å². The highest BCUT2D eigenvalue weighted by molar-refractivity contribution is 5.96. The number of Topliss-reactive ketones (excluding diaryl/α,β-unsaturated/α-hetero) is 1. The summed E-state index contributed by atoms with van der Waals surface area (Å²) in [6.07, 6.45) is 1.83. The first kappa shape index (κ1) is 19.4. The Labute approximate surface area is 167 Å². The maximum atomic E-state index is 12.1. The Morgan fingerprint density at radius 3 is 2.79 bits per heavy atom. The van der Waals surface area contributed by atoms with Crippen LogP contribution in [0.15, 0.2) is 27.4 Å². The van der Waals surface area contributed by atoms with Gasteiger partial charge in [-0.1, -0.05) is 0 Å². The standard InChI is InChI=1S/C22H24N2O5/c1-12-21(14(3)25)13(2)24(23-12)10-15(26)11-28-16-7-8-18-17-5-4-6-19(17)22(27)29-20(18)9-16/h7-9,15,26H,4-6,10-11H2,1-3H3/t15-/m1/s1. The fourth-order valence-electron chi connectivity index (χ4n) is 4.18. The average Bonchev–Trinajstić information content (AvgIpc) is 3.25. The summed E-state index contributed by atoms with van der Waals surface area (Å²) < 4.78 is 12.8. The second-order valence-corrected chi connectivity index (χ2v) is 7.61. The highest BCUT2D eigenvalue weighted by Crippen LogP contribution is 2.29. The summed E-state index contributed by atoms with van der Waals surface area (Å²) in [5.74, 6) is 0.483. The van der Waals surface area contributed by atoms with E-state index in [9.17, 15) is 14.7 Å². The van der Waals surface area contributed by atoms with Gasteiger partial charge in [0.05, 0.1) is 17.8 Å². The van der Waals surface area contributed by atoms with Crippen LogP contribution in [-0.4, -0.2) is 33.4 Å². The number of aliphatic hydroxyl groups excluding tert-OH is 1. The van der Waals surface area contributed by atoms with Gasteiger partial charge < -0.3 is 14.3 Å². The molecule has 7 nitrogen and oxygen atoms in total. The number of rotatable bonds is 6. The zero-order chi connectivity index (χ0) is 20.7. The number of ether oxygens (including phenoxy) is 1. The molecule has 4 rings (SSSR count). The maximum absolute atomic E-state index is 12.1. The lowest BCUT2D eigenvalue weighted by Crippen LogP contribution is -2.25. The van der Waals surface area contributed by atoms with Crippen LogP contribution in [0.2, 0.25) is 0 Å². The van der Waals surface area contributed by atoms with Crippen molar-refractivity contribution in [3.05, 3.63) is 56.7 Å². The van der Waals surface area contributed by atoms with Crippen molar-refractivity contribution in [2.75, 3.05) is 6.61 Å². The number of hydrogen-bond acceptors (Lipinski definition) is 6. The highest BCUT2D eigenvalue weighted by Gasteiger charge is 2.20. The van der Waals surface area contributed by atoms with Crippen LogP contribution in [0.1, 0.15) is 46.2 Å². The van der Waals surface area contributed by atoms with E-state index in [0.717, 1.165) is 41.5 Å². The number of fused-ring (bicyclic) bond motifs is 3. The molecule has 0 unspecified atom stereocenters. The minimum atomic E-state index is -0.810. The number of nitrogens with zero attached hydrogens (tertiary/aromatic N) is 2. The van der Waals surface area contributed by atoms with Crippen LogP contribution in [0.4, 0.5) is 0 Å². The fourth-order valence-corrected chi connectivity index (χ4v) is 4.18. The van der Waals surface area contributed by atoms with Gasteiger partial charge in [0.1, 0.15) is 24.0 Å². The first-order valence-electron chi connectivity index (χ1n) is 9.79. The van der Waals surface area contributed by atoms with E-state index in [4.69, 9.17) is 9.15 Å². The lowest BCUT2D eigenvalue weighted by molar-refractivity contribution is 0.0885. The van der Waals surface area contributed by atoms with Gasteiger partial charge in [-0.3, -0.25) is 9.48 Å². The van der Waals surface area contributed by atoms with E-state index in [2.05, 4.69) is 5.10 Å². The van der Waals surface area contributed by atoms with E-state index < -0.39 is 6.10 Å². The van der Waals surface area contributed by atoms with Crippen molar-refractivity contribution in [2.24, 2.45) is 0 Å². The summed E-state index contributed by atoms with van der Waals surface area (Å²) in [5, 5.41) is 15.7. The minimum Gasteiger partial charge on any atom is -0.491 e. The Morgan fingerprint density at radius 2 is 2.07 bits per heavy atom. The fraction of sp³-hybridized carbons (Fsp3) is 0.409. The summed E-state index contributed by atoms with van der Waals surface area (Å²) in [6, 6.07) is 5.42. The number of benzene rings is 1. The number of hydrogen-bond donors (Lipinski definition) is 1. The molecule has 2 heterocycles. The lowest BCUT2D eigenvalue weighted by atomic mass is 10.1. The molecular weight excluding hydrogens is 372 g/mol. The van der Waals surface area contributed by atoms with Gasteiger partial charge in [0.25, 0.3) is 0 Å². The van der Waals surface area contributed by atoms with Gasteiger partial charge in [-0.25, -0.2) is 4.79 Å². The average molecular weight is 396 g/mol. The molecule has 0 aliphatic heterocycles. The van der Waals surface area contributed by atoms with Crippen molar-refractivity contribution in [2.45, 2.75) is 52.7 Å². The summed E-state index contributed by atoms with van der Waals surface area (Å²) in [5.41, 5.74) is 4.08. The molecule has 1 N–H and O–H groups in total. The van der Waals surface area contributed by atoms with Crippen molar-refractivity contribution < 1.29 is 19.1 Å². The topological polar surface area (TPSA) is 94.6 Å². The summed E-state index contributed by atoms with van der Waals surface area (Å²) in [6.45, 7) is 5.37. The van der Waals surface area contributed by atoms with Crippen LogP contribution < -0.4 is 10.4 Å². The molecule has 1 aromatic carbocycles. The molecule has 7 heteroatoms. The van der Waals surface area contributed by atoms with Gasteiger partial charge in [0.15, 0.2) is 5.78 Å². The zero-order valence-corrected chi connectivity index (χ0v) is 16.8. The predicted molar refractivity (Wildman–Crippen MR) is 108 cm³/mol. The molecule has 0 radical (unpaired) electrons. The van der Waals surface area contributed by atoms with Crippen molar-refractivity contribution in [3.8, 4) is 5.75 Å². The Balaban J connectivity index is 1.47. The molecular formula is C22H24N2O5. The highest BCUT2D eigenvalue weighted by atomic mass is 16.5. The van der Waals surface area contributed by atoms with Crippen molar-refractivity contribution in [1.29, 1.82) is 0 Å². The van der Waals surface area contributed by atoms with E-state index in [1.54, 1.807) is 17.7 Å². The molecule has 3 aromatic rings. The monoisotopic (exact) mass is 396 g/mol. The van der Waals surface area contributed by atoms with Crippen molar-refractivity contribution >= 4 is 16.8 Å². The SMILES string of the molecule is CC(=O)c1c(C)nn(C[C@@H](O)COc2ccc3c4c(c(=O)oc3c2)CCC4)c1C. The first-order chi connectivity index (χ1) is 13.8. The second-order valence-electron chi connectivity index (χ2n) is 7.61. The van der Waals surface area contributed by atoms with E-state index in [1.165, 1.54) is 6.92 Å². The van der Waals surface area contributed by atoms with Crippen LogP contribution >= 0.6 is 0 Å². The molecule has 0 amide bonds. The van der Waals surface area contributed by atoms with Gasteiger partial charge >= 0.3 is 5.63 Å². The van der Waals surface area contributed by atoms with E-state index in [-0.39, 0.29) is 24.6 Å². The molecule has 0 saturated carbocycles. The van der Waals surface area contributed by atoms with Crippen LogP contribution in [-0.2, 0) is 19.4 Å². The Bertz CT molecular complexity index is 1160. The van der Waals surface area contributed by atoms with Crippen molar-refractivity contribution in [3.63, 3.8) is 0 Å². The Hall–Kier alpha value is -2.93. The number of carbonyl (C=O) groups excluding carboxylic acids is 1. The van der Waals surface area contributed by atoms with E-state index in [1.807, 2.05) is 19.1 Å². The number of ketones is 1. The first-order valence-corrected chi connectivity index (χ1v) is 9.79. The molecule has 0 fully saturated rings. The Morgan fingerprint density at radius 1 is 1.31 bits per heavy atom. The second kappa shape index (κ2) is 7.48. The quantitative estimate of drug-likeness (QED) is 0.509. The zero-order valence-electron chi connectivity index (χ0n) is 16.8. The third-order valence-corrected chi connectivity index (χ3v) is 5.50. The van der Waals surface area contributed by atoms with Gasteiger partial charge in [-0.05, 0) is 57.7 Å². The molecule has 0 saturated heterocycles.